The molecule has 0 saturated heterocycles. The number of rotatable bonds is 3. The molecule has 0 aromatic heterocycles. The van der Waals surface area contributed by atoms with Crippen LogP contribution < -0.4 is 4.90 Å². The number of hydrogen-bond donors (Lipinski definition) is 0. The summed E-state index contributed by atoms with van der Waals surface area (Å²) in [4.78, 5) is 2.27. The molecule has 0 fully saturated rings. The smallest absolute Gasteiger partial charge is 0.0476 e. The third-order valence-electron chi connectivity index (χ3n) is 5.40. The van der Waals surface area contributed by atoms with Crippen LogP contribution >= 0.6 is 11.6 Å². The van der Waals surface area contributed by atoms with Crippen molar-refractivity contribution in [3.8, 4) is 0 Å². The third kappa shape index (κ3) is 4.85. The van der Waals surface area contributed by atoms with E-state index in [1.54, 1.807) is 0 Å². The van der Waals surface area contributed by atoms with E-state index >= 15 is 0 Å². The van der Waals surface area contributed by atoms with Gasteiger partial charge < -0.3 is 4.90 Å². The fourth-order valence-corrected chi connectivity index (χ4v) is 3.56. The maximum absolute atomic E-state index is 6.48. The van der Waals surface area contributed by atoms with E-state index in [0.29, 0.717) is 0 Å². The van der Waals surface area contributed by atoms with Gasteiger partial charge in [0, 0.05) is 22.1 Å². The lowest BCUT2D eigenvalue weighted by Crippen LogP contribution is -2.14. The minimum absolute atomic E-state index is 0.130. The highest BCUT2D eigenvalue weighted by Crippen LogP contribution is 2.38. The van der Waals surface area contributed by atoms with Crippen LogP contribution in [0.15, 0.2) is 66.7 Å². The Labute approximate surface area is 181 Å². The monoisotopic (exact) mass is 405 g/mol. The van der Waals surface area contributed by atoms with Crippen molar-refractivity contribution >= 4 is 28.7 Å². The normalized spacial score (nSPS) is 12.1. The number of hydrogen-bond acceptors (Lipinski definition) is 1. The Morgan fingerprint density at radius 3 is 1.31 bits per heavy atom. The lowest BCUT2D eigenvalue weighted by molar-refractivity contribution is 0.590. The van der Waals surface area contributed by atoms with E-state index in [0.717, 1.165) is 27.6 Å². The average molecular weight is 406 g/mol. The van der Waals surface area contributed by atoms with Gasteiger partial charge in [0.05, 0.1) is 0 Å². The number of aryl methyl sites for hydroxylation is 1. The maximum atomic E-state index is 6.48. The van der Waals surface area contributed by atoms with Gasteiger partial charge in [0.25, 0.3) is 0 Å². The molecule has 0 aliphatic heterocycles. The quantitative estimate of drug-likeness (QED) is 0.421. The lowest BCUT2D eigenvalue weighted by Gasteiger charge is -2.28. The molecule has 3 aromatic carbocycles. The number of nitrogens with zero attached hydrogens (tertiary/aromatic N) is 1. The lowest BCUT2D eigenvalue weighted by atomic mass is 9.86. The summed E-state index contributed by atoms with van der Waals surface area (Å²) in [7, 11) is 0. The Kier molecular flexibility index (Phi) is 5.83. The van der Waals surface area contributed by atoms with E-state index in [1.807, 2.05) is 13.0 Å². The van der Waals surface area contributed by atoms with Gasteiger partial charge >= 0.3 is 0 Å². The second kappa shape index (κ2) is 7.88. The number of halogens is 1. The van der Waals surface area contributed by atoms with Crippen molar-refractivity contribution in [2.75, 3.05) is 4.90 Å². The molecular weight excluding hydrogens is 374 g/mol. The van der Waals surface area contributed by atoms with Crippen molar-refractivity contribution in [1.82, 2.24) is 0 Å². The summed E-state index contributed by atoms with van der Waals surface area (Å²) < 4.78 is 0. The van der Waals surface area contributed by atoms with E-state index in [4.69, 9.17) is 11.6 Å². The van der Waals surface area contributed by atoms with Gasteiger partial charge in [0.15, 0.2) is 0 Å². The summed E-state index contributed by atoms with van der Waals surface area (Å²) in [5.41, 5.74) is 7.31. The molecule has 29 heavy (non-hydrogen) atoms. The largest absolute Gasteiger partial charge is 0.310 e. The number of benzene rings is 3. The highest BCUT2D eigenvalue weighted by molar-refractivity contribution is 6.31. The molecule has 1 nitrogen and oxygen atoms in total. The van der Waals surface area contributed by atoms with Crippen molar-refractivity contribution < 1.29 is 0 Å². The van der Waals surface area contributed by atoms with Crippen molar-refractivity contribution in [3.63, 3.8) is 0 Å². The van der Waals surface area contributed by atoms with Crippen LogP contribution in [-0.4, -0.2) is 0 Å². The highest BCUT2D eigenvalue weighted by Gasteiger charge is 2.18. The molecule has 0 spiro atoms. The Hall–Kier alpha value is -2.25. The average Bonchev–Trinajstić information content (AvgIpc) is 2.64. The van der Waals surface area contributed by atoms with Gasteiger partial charge in [0.1, 0.15) is 0 Å². The summed E-state index contributed by atoms with van der Waals surface area (Å²) in [6.45, 7) is 15.5. The zero-order valence-electron chi connectivity index (χ0n) is 18.7. The molecule has 0 amide bonds. The van der Waals surface area contributed by atoms with E-state index in [-0.39, 0.29) is 10.8 Å². The van der Waals surface area contributed by atoms with Crippen molar-refractivity contribution in [2.45, 2.75) is 59.3 Å². The summed E-state index contributed by atoms with van der Waals surface area (Å²) in [5.74, 6) is 0. The van der Waals surface area contributed by atoms with Crippen LogP contribution in [0.2, 0.25) is 5.02 Å². The van der Waals surface area contributed by atoms with Crippen LogP contribution in [0.4, 0.5) is 17.1 Å². The molecule has 0 aliphatic rings. The van der Waals surface area contributed by atoms with Gasteiger partial charge in [-0.1, -0.05) is 83.5 Å². The van der Waals surface area contributed by atoms with Gasteiger partial charge in [0.2, 0.25) is 0 Å². The highest BCUT2D eigenvalue weighted by atomic mass is 35.5. The van der Waals surface area contributed by atoms with E-state index < -0.39 is 0 Å². The molecule has 0 radical (unpaired) electrons. The van der Waals surface area contributed by atoms with Crippen molar-refractivity contribution in [2.24, 2.45) is 0 Å². The van der Waals surface area contributed by atoms with Crippen LogP contribution in [0.5, 0.6) is 0 Å². The van der Waals surface area contributed by atoms with Crippen LogP contribution in [-0.2, 0) is 10.8 Å². The maximum Gasteiger partial charge on any atom is 0.0476 e. The Bertz CT molecular complexity index is 914. The summed E-state index contributed by atoms with van der Waals surface area (Å²) in [5, 5.41) is 0.783. The fraction of sp³-hybridized carbons (Fsp3) is 0.333. The molecule has 2 heteroatoms. The van der Waals surface area contributed by atoms with Crippen LogP contribution in [0.3, 0.4) is 0 Å². The summed E-state index contributed by atoms with van der Waals surface area (Å²) >= 11 is 6.48. The van der Waals surface area contributed by atoms with Gasteiger partial charge in [-0.2, -0.15) is 0 Å². The van der Waals surface area contributed by atoms with E-state index in [1.165, 1.54) is 11.1 Å². The van der Waals surface area contributed by atoms with Gasteiger partial charge in [-0.15, -0.1) is 0 Å². The molecule has 0 atom stereocenters. The molecule has 0 aliphatic carbocycles. The first-order chi connectivity index (χ1) is 13.5. The molecule has 0 unspecified atom stereocenters. The Morgan fingerprint density at radius 2 is 0.966 bits per heavy atom. The van der Waals surface area contributed by atoms with Gasteiger partial charge in [-0.25, -0.2) is 0 Å². The first-order valence-corrected chi connectivity index (χ1v) is 10.6. The van der Waals surface area contributed by atoms with Crippen LogP contribution in [0.25, 0.3) is 0 Å². The molecule has 152 valence electrons. The van der Waals surface area contributed by atoms with Gasteiger partial charge in [-0.05, 0) is 70.8 Å². The van der Waals surface area contributed by atoms with Crippen LogP contribution in [0, 0.1) is 6.92 Å². The molecular formula is C27H32ClN. The molecule has 3 aromatic rings. The number of anilines is 3. The van der Waals surface area contributed by atoms with Crippen LogP contribution in [0.1, 0.15) is 58.2 Å². The summed E-state index contributed by atoms with van der Waals surface area (Å²) in [6, 6.07) is 24.0. The molecule has 0 N–H and O–H groups in total. The zero-order chi connectivity index (χ0) is 21.4. The molecule has 0 heterocycles. The van der Waals surface area contributed by atoms with Crippen molar-refractivity contribution in [1.29, 1.82) is 0 Å². The zero-order valence-corrected chi connectivity index (χ0v) is 19.4. The Balaban J connectivity index is 2.10. The predicted molar refractivity (Wildman–Crippen MR) is 128 cm³/mol. The minimum atomic E-state index is 0.130. The Morgan fingerprint density at radius 1 is 0.586 bits per heavy atom. The van der Waals surface area contributed by atoms with E-state index in [2.05, 4.69) is 107 Å². The van der Waals surface area contributed by atoms with Crippen molar-refractivity contribution in [3.05, 3.63) is 88.4 Å². The van der Waals surface area contributed by atoms with Gasteiger partial charge in [-0.3, -0.25) is 0 Å². The first kappa shape index (κ1) is 21.5. The SMILES string of the molecule is Cc1ccc(N(c2ccc(C(C)(C)C)cc2)c2ccc(C(C)(C)C)cc2)cc1Cl. The third-order valence-corrected chi connectivity index (χ3v) is 5.80. The second-order valence-corrected chi connectivity index (χ2v) is 10.3. The minimum Gasteiger partial charge on any atom is -0.310 e. The summed E-state index contributed by atoms with van der Waals surface area (Å²) in [6.07, 6.45) is 0. The predicted octanol–water partition coefficient (Wildman–Crippen LogP) is 8.71. The molecule has 0 bridgehead atoms. The molecule has 0 saturated carbocycles. The topological polar surface area (TPSA) is 3.24 Å². The van der Waals surface area contributed by atoms with E-state index in [9.17, 15) is 0 Å². The first-order valence-electron chi connectivity index (χ1n) is 10.2. The molecule has 3 rings (SSSR count). The fourth-order valence-electron chi connectivity index (χ4n) is 3.39. The second-order valence-electron chi connectivity index (χ2n) is 9.86. The standard InChI is InChI=1S/C27H32ClN/c1-19-8-13-24(18-25(19)28)29(22-14-9-20(10-15-22)26(2,3)4)23-16-11-21(12-17-23)27(5,6)7/h8-18H,1-7H3.